The van der Waals surface area contributed by atoms with Crippen LogP contribution in [-0.4, -0.2) is 108 Å². The standard InChI is InChI=1S/C30H37N9O3/c1-6-25(40)39-13-12-38(16-21(39)14-31-3)29-27-28(33-30(34-29)42-17-20-8-7-11-36(20)4)37(5)24(18-41-27)26-19(2)9-10-23-22(26)15-32-35-23/h6,9-10,15,20-21,24H,1,7-8,11-14,16-18H2,2,4-5H3,(H,32,35)/t20-,21-,24?/m0/s1. The molecule has 2 saturated heterocycles. The second kappa shape index (κ2) is 11.5. The third-order valence-corrected chi connectivity index (χ3v) is 8.83. The molecule has 3 aliphatic rings. The first-order valence-electron chi connectivity index (χ1n) is 14.4. The molecular formula is C30H37N9O3. The van der Waals surface area contributed by atoms with Crippen molar-refractivity contribution < 1.29 is 14.3 Å². The van der Waals surface area contributed by atoms with Crippen molar-refractivity contribution in [2.75, 3.05) is 69.8 Å². The second-order valence-electron chi connectivity index (χ2n) is 11.3. The molecular weight excluding hydrogens is 534 g/mol. The molecule has 0 saturated carbocycles. The van der Waals surface area contributed by atoms with Gasteiger partial charge in [0.1, 0.15) is 19.3 Å². The van der Waals surface area contributed by atoms with Crippen molar-refractivity contribution in [1.29, 1.82) is 0 Å². The zero-order valence-corrected chi connectivity index (χ0v) is 24.4. The summed E-state index contributed by atoms with van der Waals surface area (Å²) in [6.07, 6.45) is 5.39. The zero-order valence-electron chi connectivity index (χ0n) is 24.4. The predicted molar refractivity (Wildman–Crippen MR) is 160 cm³/mol. The van der Waals surface area contributed by atoms with E-state index in [4.69, 9.17) is 26.0 Å². The maximum Gasteiger partial charge on any atom is 0.320 e. The number of ether oxygens (including phenoxy) is 2. The van der Waals surface area contributed by atoms with E-state index in [2.05, 4.69) is 56.4 Å². The Hall–Kier alpha value is -4.37. The number of anilines is 2. The number of nitrogens with zero attached hydrogens (tertiary/aromatic N) is 8. The smallest absolute Gasteiger partial charge is 0.320 e. The van der Waals surface area contributed by atoms with E-state index in [1.165, 1.54) is 6.08 Å². The highest BCUT2D eigenvalue weighted by atomic mass is 16.5. The molecule has 0 spiro atoms. The van der Waals surface area contributed by atoms with Crippen molar-refractivity contribution in [2.45, 2.75) is 37.9 Å². The number of piperazine rings is 1. The Morgan fingerprint density at radius 2 is 2.07 bits per heavy atom. The third-order valence-electron chi connectivity index (χ3n) is 8.83. The van der Waals surface area contributed by atoms with Gasteiger partial charge in [-0.2, -0.15) is 15.1 Å². The molecule has 1 aromatic carbocycles. The van der Waals surface area contributed by atoms with Crippen LogP contribution in [0.1, 0.15) is 30.0 Å². The van der Waals surface area contributed by atoms with Gasteiger partial charge in [-0.3, -0.25) is 9.89 Å². The molecule has 3 aliphatic heterocycles. The predicted octanol–water partition coefficient (Wildman–Crippen LogP) is 2.83. The number of rotatable bonds is 7. The number of fused-ring (bicyclic) bond motifs is 2. The van der Waals surface area contributed by atoms with E-state index in [1.807, 2.05) is 19.3 Å². The number of hydrogen-bond acceptors (Lipinski definition) is 9. The molecule has 2 aromatic heterocycles. The van der Waals surface area contributed by atoms with Gasteiger partial charge in [-0.05, 0) is 56.6 Å². The van der Waals surface area contributed by atoms with Crippen LogP contribution in [0.3, 0.4) is 0 Å². The Labute approximate surface area is 245 Å². The molecule has 12 nitrogen and oxygen atoms in total. The number of carbonyl (C=O) groups is 1. The second-order valence-corrected chi connectivity index (χ2v) is 11.3. The highest BCUT2D eigenvalue weighted by Crippen LogP contribution is 2.45. The van der Waals surface area contributed by atoms with Gasteiger partial charge in [0.05, 0.1) is 17.8 Å². The lowest BCUT2D eigenvalue weighted by atomic mass is 9.96. The van der Waals surface area contributed by atoms with Crippen LogP contribution in [0, 0.1) is 13.5 Å². The molecule has 1 amide bonds. The summed E-state index contributed by atoms with van der Waals surface area (Å²) in [6, 6.07) is 4.35. The van der Waals surface area contributed by atoms with Gasteiger partial charge in [0.2, 0.25) is 18.2 Å². The average molecular weight is 572 g/mol. The van der Waals surface area contributed by atoms with Gasteiger partial charge < -0.3 is 33.9 Å². The molecule has 42 heavy (non-hydrogen) atoms. The van der Waals surface area contributed by atoms with Crippen molar-refractivity contribution in [2.24, 2.45) is 0 Å². The fraction of sp³-hybridized carbons (Fsp3) is 0.500. The molecule has 2 fully saturated rings. The van der Waals surface area contributed by atoms with E-state index in [-0.39, 0.29) is 24.5 Å². The summed E-state index contributed by atoms with van der Waals surface area (Å²) in [6.45, 7) is 16.8. The largest absolute Gasteiger partial charge is 0.484 e. The summed E-state index contributed by atoms with van der Waals surface area (Å²) in [5, 5.41) is 8.41. The molecule has 1 unspecified atom stereocenters. The van der Waals surface area contributed by atoms with Crippen LogP contribution < -0.4 is 19.3 Å². The fourth-order valence-electron chi connectivity index (χ4n) is 6.42. The first kappa shape index (κ1) is 27.8. The summed E-state index contributed by atoms with van der Waals surface area (Å²) in [5.41, 5.74) is 3.26. The Kier molecular flexibility index (Phi) is 7.60. The number of aromatic nitrogens is 4. The maximum absolute atomic E-state index is 12.5. The van der Waals surface area contributed by atoms with Crippen LogP contribution in [0.4, 0.5) is 11.6 Å². The Balaban J connectivity index is 1.37. The van der Waals surface area contributed by atoms with Gasteiger partial charge in [0.25, 0.3) is 0 Å². The summed E-state index contributed by atoms with van der Waals surface area (Å²) in [7, 11) is 4.14. The maximum atomic E-state index is 12.5. The molecule has 5 heterocycles. The monoisotopic (exact) mass is 571 g/mol. The molecule has 3 aromatic rings. The Bertz CT molecular complexity index is 1530. The summed E-state index contributed by atoms with van der Waals surface area (Å²) >= 11 is 0. The van der Waals surface area contributed by atoms with E-state index < -0.39 is 0 Å². The Morgan fingerprint density at radius 3 is 2.83 bits per heavy atom. The number of aromatic amines is 1. The van der Waals surface area contributed by atoms with Crippen LogP contribution in [0.2, 0.25) is 0 Å². The summed E-state index contributed by atoms with van der Waals surface area (Å²) in [4.78, 5) is 34.2. The van der Waals surface area contributed by atoms with E-state index in [9.17, 15) is 4.79 Å². The molecule has 12 heteroatoms. The molecule has 3 atom stereocenters. The topological polar surface area (TPSA) is 107 Å². The highest BCUT2D eigenvalue weighted by molar-refractivity contribution is 5.87. The summed E-state index contributed by atoms with van der Waals surface area (Å²) in [5.74, 6) is 1.69. The van der Waals surface area contributed by atoms with Crippen LogP contribution in [0.5, 0.6) is 11.8 Å². The van der Waals surface area contributed by atoms with Crippen LogP contribution in [-0.2, 0) is 4.79 Å². The van der Waals surface area contributed by atoms with E-state index in [1.54, 1.807) is 4.90 Å². The molecule has 1 N–H and O–H groups in total. The number of amides is 1. The number of hydrogen-bond donors (Lipinski definition) is 1. The quantitative estimate of drug-likeness (QED) is 0.338. The number of likely N-dealkylation sites (tertiary alicyclic amines) is 1. The van der Waals surface area contributed by atoms with Gasteiger partial charge in [0, 0.05) is 38.1 Å². The van der Waals surface area contributed by atoms with Crippen molar-refractivity contribution in [3.63, 3.8) is 0 Å². The first-order valence-corrected chi connectivity index (χ1v) is 14.4. The first-order chi connectivity index (χ1) is 20.4. The Morgan fingerprint density at radius 1 is 1.24 bits per heavy atom. The fourth-order valence-corrected chi connectivity index (χ4v) is 6.42. The minimum Gasteiger partial charge on any atom is -0.484 e. The van der Waals surface area contributed by atoms with Gasteiger partial charge in [-0.1, -0.05) is 12.6 Å². The normalized spacial score (nSPS) is 22.5. The lowest BCUT2D eigenvalue weighted by molar-refractivity contribution is -0.128. The van der Waals surface area contributed by atoms with Crippen molar-refractivity contribution in [3.8, 4) is 11.8 Å². The average Bonchev–Trinajstić information content (AvgIpc) is 3.65. The van der Waals surface area contributed by atoms with Crippen LogP contribution >= 0.6 is 0 Å². The van der Waals surface area contributed by atoms with Gasteiger partial charge >= 0.3 is 6.01 Å². The van der Waals surface area contributed by atoms with E-state index >= 15 is 0 Å². The summed E-state index contributed by atoms with van der Waals surface area (Å²) < 4.78 is 12.8. The van der Waals surface area contributed by atoms with Crippen molar-refractivity contribution >= 4 is 28.4 Å². The number of H-pyrrole nitrogens is 1. The number of likely N-dealkylation sites (N-methyl/N-ethyl adjacent to an activating group) is 2. The molecule has 0 aliphatic carbocycles. The third kappa shape index (κ3) is 4.98. The minimum absolute atomic E-state index is 0.104. The lowest BCUT2D eigenvalue weighted by Gasteiger charge is -2.41. The zero-order chi connectivity index (χ0) is 29.4. The van der Waals surface area contributed by atoms with Crippen LogP contribution in [0.25, 0.3) is 15.7 Å². The SMILES string of the molecule is [C-]#[N+]C[C@H]1CN(c2nc(OC[C@@H]3CCCN3C)nc3c2OCC(c2c(C)ccc4[nH]ncc24)N3C)CCN1C(=O)C=C. The number of nitrogens with one attached hydrogen (secondary N) is 1. The molecule has 0 radical (unpaired) electrons. The van der Waals surface area contributed by atoms with Gasteiger partial charge in [-0.25, -0.2) is 6.57 Å². The van der Waals surface area contributed by atoms with Gasteiger partial charge in [-0.15, -0.1) is 0 Å². The molecule has 220 valence electrons. The minimum atomic E-state index is -0.292. The van der Waals surface area contributed by atoms with Crippen LogP contribution in [0.15, 0.2) is 31.0 Å². The van der Waals surface area contributed by atoms with E-state index in [0.29, 0.717) is 62.3 Å². The van der Waals surface area contributed by atoms with Gasteiger partial charge in [0.15, 0.2) is 11.6 Å². The van der Waals surface area contributed by atoms with Crippen molar-refractivity contribution in [3.05, 3.63) is 53.5 Å². The molecule has 6 rings (SSSR count). The van der Waals surface area contributed by atoms with Crippen molar-refractivity contribution in [1.82, 2.24) is 30.0 Å². The highest BCUT2D eigenvalue weighted by Gasteiger charge is 2.38. The number of carbonyl (C=O) groups excluding carboxylic acids is 1. The number of benzene rings is 1. The lowest BCUT2D eigenvalue weighted by Crippen LogP contribution is -2.56. The van der Waals surface area contributed by atoms with E-state index in [0.717, 1.165) is 41.4 Å². The molecule has 0 bridgehead atoms. The number of aryl methyl sites for hydroxylation is 1.